The number of amides is 2. The lowest BCUT2D eigenvalue weighted by atomic mass is 9.72. The van der Waals surface area contributed by atoms with E-state index in [1.165, 1.54) is 4.88 Å². The highest BCUT2D eigenvalue weighted by Gasteiger charge is 2.34. The molecule has 0 radical (unpaired) electrons. The predicted molar refractivity (Wildman–Crippen MR) is 142 cm³/mol. The molecule has 0 spiro atoms. The summed E-state index contributed by atoms with van der Waals surface area (Å²) in [4.78, 5) is 27.5. The first-order valence-corrected chi connectivity index (χ1v) is 13.0. The van der Waals surface area contributed by atoms with Crippen LogP contribution in [0, 0.1) is 25.2 Å². The molecule has 1 atom stereocenters. The first kappa shape index (κ1) is 25.2. The van der Waals surface area contributed by atoms with Gasteiger partial charge in [-0.2, -0.15) is 0 Å². The molecular weight excluding hydrogens is 458 g/mol. The number of hydrogen-bond acceptors (Lipinski definition) is 5. The van der Waals surface area contributed by atoms with Gasteiger partial charge >= 0.3 is 0 Å². The van der Waals surface area contributed by atoms with Gasteiger partial charge in [0, 0.05) is 10.6 Å². The van der Waals surface area contributed by atoms with Gasteiger partial charge in [0.05, 0.1) is 24.9 Å². The van der Waals surface area contributed by atoms with Crippen LogP contribution in [0.25, 0.3) is 0 Å². The van der Waals surface area contributed by atoms with Crippen LogP contribution in [0.1, 0.15) is 64.9 Å². The Balaban J connectivity index is 1.56. The van der Waals surface area contributed by atoms with Gasteiger partial charge in [0.1, 0.15) is 10.8 Å². The molecular formula is C28H35N3O3S. The Kier molecular flexibility index (Phi) is 7.47. The Morgan fingerprint density at radius 2 is 1.94 bits per heavy atom. The van der Waals surface area contributed by atoms with Crippen LogP contribution in [0.2, 0.25) is 0 Å². The third-order valence-electron chi connectivity index (χ3n) is 6.77. The van der Waals surface area contributed by atoms with Crippen molar-refractivity contribution >= 4 is 33.8 Å². The molecule has 4 rings (SSSR count). The molecule has 2 heterocycles. The molecule has 3 N–H and O–H groups in total. The summed E-state index contributed by atoms with van der Waals surface area (Å²) in [5, 5.41) is 9.84. The van der Waals surface area contributed by atoms with E-state index < -0.39 is 0 Å². The monoisotopic (exact) mass is 493 g/mol. The Morgan fingerprint density at radius 3 is 2.63 bits per heavy atom. The van der Waals surface area contributed by atoms with Crippen molar-refractivity contribution in [2.24, 2.45) is 11.3 Å². The summed E-state index contributed by atoms with van der Waals surface area (Å²) >= 11 is 1.55. The molecule has 1 aliphatic rings. The fourth-order valence-electron chi connectivity index (χ4n) is 4.68. The van der Waals surface area contributed by atoms with Crippen molar-refractivity contribution in [1.82, 2.24) is 5.32 Å². The Morgan fingerprint density at radius 1 is 1.14 bits per heavy atom. The summed E-state index contributed by atoms with van der Waals surface area (Å²) in [6.45, 7) is 11.5. The molecule has 35 heavy (non-hydrogen) atoms. The largest absolute Gasteiger partial charge is 0.468 e. The Hall–Kier alpha value is -2.90. The number of hydrogen-bond donors (Lipinski definition) is 3. The number of nitrogens with one attached hydrogen (secondary N) is 3. The van der Waals surface area contributed by atoms with Gasteiger partial charge in [-0.15, -0.1) is 11.3 Å². The van der Waals surface area contributed by atoms with Crippen LogP contribution in [0.3, 0.4) is 0 Å². The summed E-state index contributed by atoms with van der Waals surface area (Å²) in [5.74, 6) is 0.971. The minimum absolute atomic E-state index is 0.131. The predicted octanol–water partition coefficient (Wildman–Crippen LogP) is 6.09. The van der Waals surface area contributed by atoms with Crippen molar-refractivity contribution in [1.29, 1.82) is 0 Å². The van der Waals surface area contributed by atoms with Crippen LogP contribution in [-0.2, 0) is 24.2 Å². The van der Waals surface area contributed by atoms with E-state index in [2.05, 4.69) is 42.8 Å². The highest BCUT2D eigenvalue weighted by atomic mass is 32.1. The molecule has 1 aliphatic carbocycles. The zero-order valence-corrected chi connectivity index (χ0v) is 22.0. The van der Waals surface area contributed by atoms with Crippen molar-refractivity contribution in [2.75, 3.05) is 17.2 Å². The van der Waals surface area contributed by atoms with E-state index in [4.69, 9.17) is 4.42 Å². The SMILES string of the molecule is Cc1ccc(NC(=O)c2c(NC(=O)CNCc3ccco3)sc3c2CCC(C(C)(C)C)C3)c(C)c1. The number of thiophene rings is 1. The second kappa shape index (κ2) is 10.4. The standard InChI is InChI=1S/C28H35N3O3S/c1-17-8-11-22(18(2)13-17)30-26(33)25-21-10-9-19(28(3,4)5)14-23(21)35-27(25)31-24(32)16-29-15-20-7-6-12-34-20/h6-8,11-13,19,29H,9-10,14-16H2,1-5H3,(H,30,33)(H,31,32). The number of carbonyl (C=O) groups is 2. The topological polar surface area (TPSA) is 83.4 Å². The summed E-state index contributed by atoms with van der Waals surface area (Å²) in [5.41, 5.74) is 4.84. The molecule has 3 aromatic rings. The van der Waals surface area contributed by atoms with Gasteiger partial charge in [-0.05, 0) is 73.8 Å². The number of aryl methyl sites for hydroxylation is 2. The van der Waals surface area contributed by atoms with Crippen LogP contribution in [0.5, 0.6) is 0 Å². The lowest BCUT2D eigenvalue weighted by Crippen LogP contribution is -2.28. The number of benzene rings is 1. The van der Waals surface area contributed by atoms with Crippen molar-refractivity contribution in [3.05, 3.63) is 69.5 Å². The number of anilines is 2. The first-order valence-electron chi connectivity index (χ1n) is 12.2. The fraction of sp³-hybridized carbons (Fsp3) is 0.429. The van der Waals surface area contributed by atoms with Gasteiger partial charge in [0.25, 0.3) is 5.91 Å². The molecule has 0 saturated heterocycles. The van der Waals surface area contributed by atoms with E-state index in [0.717, 1.165) is 47.4 Å². The fourth-order valence-corrected chi connectivity index (χ4v) is 6.02. The van der Waals surface area contributed by atoms with Crippen LogP contribution < -0.4 is 16.0 Å². The van der Waals surface area contributed by atoms with Crippen molar-refractivity contribution < 1.29 is 14.0 Å². The van der Waals surface area contributed by atoms with Gasteiger partial charge in [0.2, 0.25) is 5.91 Å². The molecule has 0 saturated carbocycles. The smallest absolute Gasteiger partial charge is 0.258 e. The first-order chi connectivity index (χ1) is 16.6. The maximum atomic E-state index is 13.6. The molecule has 6 nitrogen and oxygen atoms in total. The van der Waals surface area contributed by atoms with Crippen LogP contribution >= 0.6 is 11.3 Å². The molecule has 186 valence electrons. The van der Waals surface area contributed by atoms with E-state index in [0.29, 0.717) is 23.0 Å². The summed E-state index contributed by atoms with van der Waals surface area (Å²) in [6, 6.07) is 9.67. The maximum absolute atomic E-state index is 13.6. The van der Waals surface area contributed by atoms with Gasteiger partial charge in [-0.1, -0.05) is 38.5 Å². The lowest BCUT2D eigenvalue weighted by Gasteiger charge is -2.33. The zero-order chi connectivity index (χ0) is 25.2. The average Bonchev–Trinajstić information content (AvgIpc) is 3.42. The molecule has 0 fully saturated rings. The molecule has 1 aromatic carbocycles. The van der Waals surface area contributed by atoms with Crippen molar-refractivity contribution in [3.63, 3.8) is 0 Å². The van der Waals surface area contributed by atoms with Crippen LogP contribution in [0.15, 0.2) is 41.0 Å². The Bertz CT molecular complexity index is 1210. The summed E-state index contributed by atoms with van der Waals surface area (Å²) < 4.78 is 5.31. The van der Waals surface area contributed by atoms with Gasteiger partial charge < -0.3 is 20.4 Å². The van der Waals surface area contributed by atoms with Crippen LogP contribution in [-0.4, -0.2) is 18.4 Å². The number of furan rings is 1. The normalized spacial score (nSPS) is 15.5. The van der Waals surface area contributed by atoms with E-state index in [1.54, 1.807) is 17.6 Å². The number of fused-ring (bicyclic) bond motifs is 1. The second-order valence-corrected chi connectivity index (χ2v) is 11.6. The second-order valence-electron chi connectivity index (χ2n) is 10.5. The van der Waals surface area contributed by atoms with Crippen molar-refractivity contribution in [3.8, 4) is 0 Å². The van der Waals surface area contributed by atoms with E-state index in [-0.39, 0.29) is 23.8 Å². The molecule has 7 heteroatoms. The minimum atomic E-state index is -0.178. The van der Waals surface area contributed by atoms with E-state index in [1.807, 2.05) is 38.1 Å². The van der Waals surface area contributed by atoms with E-state index >= 15 is 0 Å². The lowest BCUT2D eigenvalue weighted by molar-refractivity contribution is -0.115. The third-order valence-corrected chi connectivity index (χ3v) is 7.93. The number of carbonyl (C=O) groups excluding carboxylic acids is 2. The third kappa shape index (κ3) is 6.03. The zero-order valence-electron chi connectivity index (χ0n) is 21.2. The highest BCUT2D eigenvalue weighted by molar-refractivity contribution is 7.17. The van der Waals surface area contributed by atoms with E-state index in [9.17, 15) is 9.59 Å². The molecule has 1 unspecified atom stereocenters. The summed E-state index contributed by atoms with van der Waals surface area (Å²) in [7, 11) is 0. The average molecular weight is 494 g/mol. The van der Waals surface area contributed by atoms with Gasteiger partial charge in [-0.25, -0.2) is 0 Å². The quantitative estimate of drug-likeness (QED) is 0.372. The van der Waals surface area contributed by atoms with Crippen LogP contribution in [0.4, 0.5) is 10.7 Å². The molecule has 0 bridgehead atoms. The maximum Gasteiger partial charge on any atom is 0.258 e. The molecule has 2 aromatic heterocycles. The molecule has 2 amide bonds. The van der Waals surface area contributed by atoms with Gasteiger partial charge in [0.15, 0.2) is 0 Å². The summed E-state index contributed by atoms with van der Waals surface area (Å²) in [6.07, 6.45) is 4.42. The number of rotatable bonds is 7. The van der Waals surface area contributed by atoms with Gasteiger partial charge in [-0.3, -0.25) is 9.59 Å². The molecule has 0 aliphatic heterocycles. The van der Waals surface area contributed by atoms with Crippen molar-refractivity contribution in [2.45, 2.75) is 60.4 Å². The highest BCUT2D eigenvalue weighted by Crippen LogP contribution is 2.44. The Labute approximate surface area is 211 Å². The minimum Gasteiger partial charge on any atom is -0.468 e.